The molecule has 1 N–H and O–H groups in total. The van der Waals surface area contributed by atoms with Gasteiger partial charge in [0.1, 0.15) is 11.4 Å². The Balaban J connectivity index is 1.39. The molecule has 0 fully saturated rings. The Morgan fingerprint density at radius 2 is 1.56 bits per heavy atom. The summed E-state index contributed by atoms with van der Waals surface area (Å²) in [6, 6.07) is 31.7. The number of carbonyl (C=O) groups excluding carboxylic acids is 1. The molecule has 4 nitrogen and oxygen atoms in total. The molecule has 0 unspecified atom stereocenters. The molecule has 0 atom stereocenters. The lowest BCUT2D eigenvalue weighted by molar-refractivity contribution is 0.0945. The summed E-state index contributed by atoms with van der Waals surface area (Å²) in [6.07, 6.45) is 0.762. The topological polar surface area (TPSA) is 46.9 Å². The van der Waals surface area contributed by atoms with Gasteiger partial charge in [-0.1, -0.05) is 89.9 Å². The maximum absolute atomic E-state index is 13.4. The number of nitrogens with zero attached hydrogens (tertiary/aromatic N) is 2. The van der Waals surface area contributed by atoms with E-state index in [4.69, 9.17) is 28.3 Å². The van der Waals surface area contributed by atoms with E-state index in [0.29, 0.717) is 28.0 Å². The third kappa shape index (κ3) is 5.39. The lowest BCUT2D eigenvalue weighted by Gasteiger charge is -2.18. The van der Waals surface area contributed by atoms with E-state index in [9.17, 15) is 4.79 Å². The van der Waals surface area contributed by atoms with E-state index in [-0.39, 0.29) is 11.8 Å². The molecule has 0 spiro atoms. The van der Waals surface area contributed by atoms with E-state index >= 15 is 0 Å². The normalized spacial score (nSPS) is 11.1. The van der Waals surface area contributed by atoms with Crippen molar-refractivity contribution < 1.29 is 4.79 Å². The van der Waals surface area contributed by atoms with Gasteiger partial charge in [-0.3, -0.25) is 4.79 Å². The fraction of sp³-hybridized carbons (Fsp3) is 0.103. The quantitative estimate of drug-likeness (QED) is 0.221. The molecule has 0 aliphatic rings. The van der Waals surface area contributed by atoms with Crippen molar-refractivity contribution in [3.8, 4) is 16.3 Å². The van der Waals surface area contributed by atoms with Gasteiger partial charge in [-0.15, -0.1) is 11.3 Å². The first-order valence-corrected chi connectivity index (χ1v) is 13.2. The van der Waals surface area contributed by atoms with Crippen molar-refractivity contribution in [2.45, 2.75) is 12.3 Å². The number of benzene rings is 3. The van der Waals surface area contributed by atoms with E-state index < -0.39 is 0 Å². The Hall–Kier alpha value is -3.38. The molecule has 3 aromatic carbocycles. The maximum Gasteiger partial charge on any atom is 0.270 e. The minimum atomic E-state index is -0.198. The Kier molecular flexibility index (Phi) is 7.52. The molecule has 5 aromatic rings. The van der Waals surface area contributed by atoms with Crippen LogP contribution in [-0.2, 0) is 0 Å². The van der Waals surface area contributed by atoms with Gasteiger partial charge in [-0.05, 0) is 53.3 Å². The van der Waals surface area contributed by atoms with Crippen LogP contribution >= 0.6 is 34.5 Å². The average molecular weight is 532 g/mol. The summed E-state index contributed by atoms with van der Waals surface area (Å²) in [4.78, 5) is 14.4. The van der Waals surface area contributed by atoms with E-state index in [1.165, 1.54) is 11.1 Å². The number of halogens is 2. The summed E-state index contributed by atoms with van der Waals surface area (Å²) >= 11 is 14.0. The van der Waals surface area contributed by atoms with Gasteiger partial charge in [0.15, 0.2) is 0 Å². The summed E-state index contributed by atoms with van der Waals surface area (Å²) in [5.41, 5.74) is 4.28. The van der Waals surface area contributed by atoms with Crippen molar-refractivity contribution in [2.75, 3.05) is 6.54 Å². The standard InChI is InChI=1S/C29H23Cl2N3OS/c30-24-14-13-22(18-25(24)31)34-27(19-26(33-34)28-12-7-17-36-28)29(35)32-16-15-23(20-8-3-1-4-9-20)21-10-5-2-6-11-21/h1-14,17-19,23H,15-16H2,(H,32,35). The molecule has 0 aliphatic heterocycles. The van der Waals surface area contributed by atoms with E-state index in [1.807, 2.05) is 60.0 Å². The Morgan fingerprint density at radius 3 is 2.17 bits per heavy atom. The van der Waals surface area contributed by atoms with Crippen molar-refractivity contribution in [1.29, 1.82) is 0 Å². The third-order valence-corrected chi connectivity index (χ3v) is 7.62. The van der Waals surface area contributed by atoms with Gasteiger partial charge < -0.3 is 5.32 Å². The van der Waals surface area contributed by atoms with Crippen molar-refractivity contribution in [1.82, 2.24) is 15.1 Å². The zero-order valence-electron chi connectivity index (χ0n) is 19.3. The van der Waals surface area contributed by atoms with Crippen LogP contribution in [-0.4, -0.2) is 22.2 Å². The SMILES string of the molecule is O=C(NCCC(c1ccccc1)c1ccccc1)c1cc(-c2cccs2)nn1-c1ccc(Cl)c(Cl)c1. The highest BCUT2D eigenvalue weighted by Crippen LogP contribution is 2.30. The van der Waals surface area contributed by atoms with Gasteiger partial charge >= 0.3 is 0 Å². The molecule has 36 heavy (non-hydrogen) atoms. The Morgan fingerprint density at radius 1 is 0.861 bits per heavy atom. The molecule has 5 rings (SSSR count). The molecular formula is C29H23Cl2N3OS. The number of nitrogens with one attached hydrogen (secondary N) is 1. The molecule has 2 aromatic heterocycles. The lowest BCUT2D eigenvalue weighted by atomic mass is 9.88. The molecule has 0 saturated carbocycles. The second-order valence-corrected chi connectivity index (χ2v) is 10.1. The molecule has 1 amide bonds. The van der Waals surface area contributed by atoms with Crippen LogP contribution < -0.4 is 5.32 Å². The van der Waals surface area contributed by atoms with Gasteiger partial charge in [0.25, 0.3) is 5.91 Å². The maximum atomic E-state index is 13.4. The van der Waals surface area contributed by atoms with Crippen molar-refractivity contribution in [2.24, 2.45) is 0 Å². The Labute approximate surface area is 224 Å². The largest absolute Gasteiger partial charge is 0.351 e. The van der Waals surface area contributed by atoms with Crippen LogP contribution in [0.1, 0.15) is 34.0 Å². The second-order valence-electron chi connectivity index (χ2n) is 8.32. The van der Waals surface area contributed by atoms with Gasteiger partial charge in [-0.2, -0.15) is 5.10 Å². The smallest absolute Gasteiger partial charge is 0.270 e. The summed E-state index contributed by atoms with van der Waals surface area (Å²) in [6.45, 7) is 0.508. The van der Waals surface area contributed by atoms with Crippen LogP contribution in [0.5, 0.6) is 0 Å². The van der Waals surface area contributed by atoms with Crippen LogP contribution in [0.25, 0.3) is 16.3 Å². The van der Waals surface area contributed by atoms with Crippen molar-refractivity contribution in [3.63, 3.8) is 0 Å². The minimum absolute atomic E-state index is 0.175. The van der Waals surface area contributed by atoms with Gasteiger partial charge in [0, 0.05) is 12.5 Å². The molecule has 0 saturated heterocycles. The van der Waals surface area contributed by atoms with Crippen molar-refractivity contribution >= 4 is 40.4 Å². The second kappa shape index (κ2) is 11.1. The molecule has 0 radical (unpaired) electrons. The first-order valence-electron chi connectivity index (χ1n) is 11.6. The number of hydrogen-bond donors (Lipinski definition) is 1. The fourth-order valence-corrected chi connectivity index (χ4v) is 5.19. The van der Waals surface area contributed by atoms with Gasteiger partial charge in [0.05, 0.1) is 20.6 Å². The molecular weight excluding hydrogens is 509 g/mol. The highest BCUT2D eigenvalue weighted by molar-refractivity contribution is 7.13. The predicted molar refractivity (Wildman–Crippen MR) is 149 cm³/mol. The number of hydrogen-bond acceptors (Lipinski definition) is 3. The average Bonchev–Trinajstić information content (AvgIpc) is 3.60. The number of rotatable bonds is 8. The fourth-order valence-electron chi connectivity index (χ4n) is 4.22. The summed E-state index contributed by atoms with van der Waals surface area (Å²) in [5.74, 6) is -0.0226. The third-order valence-electron chi connectivity index (χ3n) is 5.99. The number of carbonyl (C=O) groups is 1. The first-order chi connectivity index (χ1) is 17.6. The molecule has 180 valence electrons. The monoisotopic (exact) mass is 531 g/mol. The summed E-state index contributed by atoms with van der Waals surface area (Å²) in [7, 11) is 0. The predicted octanol–water partition coefficient (Wildman–Crippen LogP) is 7.86. The zero-order chi connectivity index (χ0) is 24.9. The van der Waals surface area contributed by atoms with E-state index in [0.717, 1.165) is 17.0 Å². The first kappa shape index (κ1) is 24.3. The van der Waals surface area contributed by atoms with E-state index in [2.05, 4.69) is 29.6 Å². The molecule has 2 heterocycles. The van der Waals surface area contributed by atoms with E-state index in [1.54, 1.807) is 34.2 Å². The van der Waals surface area contributed by atoms with Crippen LogP contribution in [0.3, 0.4) is 0 Å². The highest BCUT2D eigenvalue weighted by atomic mass is 35.5. The molecule has 0 aliphatic carbocycles. The van der Waals surface area contributed by atoms with Gasteiger partial charge in [0.2, 0.25) is 0 Å². The highest BCUT2D eigenvalue weighted by Gasteiger charge is 2.20. The van der Waals surface area contributed by atoms with Crippen LogP contribution in [0.2, 0.25) is 10.0 Å². The number of aromatic nitrogens is 2. The van der Waals surface area contributed by atoms with Crippen LogP contribution in [0, 0.1) is 0 Å². The molecule has 0 bridgehead atoms. The number of amides is 1. The van der Waals surface area contributed by atoms with Crippen LogP contribution in [0.15, 0.2) is 102 Å². The zero-order valence-corrected chi connectivity index (χ0v) is 21.6. The summed E-state index contributed by atoms with van der Waals surface area (Å²) < 4.78 is 1.62. The number of thiophene rings is 1. The Bertz CT molecular complexity index is 1410. The van der Waals surface area contributed by atoms with Crippen molar-refractivity contribution in [3.05, 3.63) is 129 Å². The van der Waals surface area contributed by atoms with Gasteiger partial charge in [-0.25, -0.2) is 4.68 Å². The lowest BCUT2D eigenvalue weighted by Crippen LogP contribution is -2.28. The molecule has 7 heteroatoms. The minimum Gasteiger partial charge on any atom is -0.351 e. The van der Waals surface area contributed by atoms with Crippen LogP contribution in [0.4, 0.5) is 0 Å². The summed E-state index contributed by atoms with van der Waals surface area (Å²) in [5, 5.41) is 10.7.